The van der Waals surface area contributed by atoms with Crippen molar-refractivity contribution in [3.05, 3.63) is 60.1 Å². The minimum Gasteiger partial charge on any atom is -0.472 e. The first-order valence-corrected chi connectivity index (χ1v) is 9.37. The Balaban J connectivity index is 1.36. The SMILES string of the molecule is O=C(NC1(c2ccccc2)CCC1)C1CCN(C(=O)c2ccoc2)CC1. The molecule has 136 valence electrons. The van der Waals surface area contributed by atoms with E-state index < -0.39 is 0 Å². The molecular formula is C21H24N2O3. The van der Waals surface area contributed by atoms with E-state index in [9.17, 15) is 9.59 Å². The van der Waals surface area contributed by atoms with Crippen molar-refractivity contribution >= 4 is 11.8 Å². The largest absolute Gasteiger partial charge is 0.472 e. The maximum Gasteiger partial charge on any atom is 0.257 e. The quantitative estimate of drug-likeness (QED) is 0.918. The van der Waals surface area contributed by atoms with Gasteiger partial charge in [0, 0.05) is 19.0 Å². The summed E-state index contributed by atoms with van der Waals surface area (Å²) < 4.78 is 4.99. The van der Waals surface area contributed by atoms with Crippen molar-refractivity contribution in [3.63, 3.8) is 0 Å². The predicted octanol–water partition coefficient (Wildman–Crippen LogP) is 3.33. The molecule has 0 radical (unpaired) electrons. The number of furan rings is 1. The van der Waals surface area contributed by atoms with E-state index in [2.05, 4.69) is 17.4 Å². The third-order valence-corrected chi connectivity index (χ3v) is 5.82. The molecule has 1 saturated heterocycles. The van der Waals surface area contributed by atoms with Gasteiger partial charge in [0.2, 0.25) is 5.91 Å². The van der Waals surface area contributed by atoms with Gasteiger partial charge in [-0.3, -0.25) is 9.59 Å². The number of hydrogen-bond acceptors (Lipinski definition) is 3. The second-order valence-electron chi connectivity index (χ2n) is 7.37. The van der Waals surface area contributed by atoms with Gasteiger partial charge in [-0.05, 0) is 43.7 Å². The van der Waals surface area contributed by atoms with Gasteiger partial charge in [-0.1, -0.05) is 30.3 Å². The lowest BCUT2D eigenvalue weighted by atomic mass is 9.71. The highest BCUT2D eigenvalue weighted by Crippen LogP contribution is 2.41. The molecule has 1 aliphatic heterocycles. The van der Waals surface area contributed by atoms with Crippen LogP contribution in [0.5, 0.6) is 0 Å². The number of piperidine rings is 1. The summed E-state index contributed by atoms with van der Waals surface area (Å²) >= 11 is 0. The average molecular weight is 352 g/mol. The molecular weight excluding hydrogens is 328 g/mol. The molecule has 2 aromatic rings. The van der Waals surface area contributed by atoms with Crippen molar-refractivity contribution in [1.29, 1.82) is 0 Å². The van der Waals surface area contributed by atoms with Gasteiger partial charge in [0.05, 0.1) is 17.4 Å². The number of carbonyl (C=O) groups is 2. The maximum atomic E-state index is 12.9. The van der Waals surface area contributed by atoms with Crippen molar-refractivity contribution in [2.75, 3.05) is 13.1 Å². The highest BCUT2D eigenvalue weighted by molar-refractivity contribution is 5.94. The van der Waals surface area contributed by atoms with Crippen LogP contribution in [0.4, 0.5) is 0 Å². The standard InChI is InChI=1S/C21H24N2O3/c24-19(22-21(10-4-11-21)18-5-2-1-3-6-18)16-7-12-23(13-8-16)20(25)17-9-14-26-15-17/h1-3,5-6,9,14-16H,4,7-8,10-13H2,(H,22,24). The van der Waals surface area contributed by atoms with Crippen molar-refractivity contribution in [1.82, 2.24) is 10.2 Å². The summed E-state index contributed by atoms with van der Waals surface area (Å²) in [4.78, 5) is 27.0. The molecule has 0 unspecified atom stereocenters. The highest BCUT2D eigenvalue weighted by Gasteiger charge is 2.41. The molecule has 2 amide bonds. The fraction of sp³-hybridized carbons (Fsp3) is 0.429. The van der Waals surface area contributed by atoms with Crippen molar-refractivity contribution in [3.8, 4) is 0 Å². The molecule has 2 heterocycles. The summed E-state index contributed by atoms with van der Waals surface area (Å²) in [5.41, 5.74) is 1.58. The van der Waals surface area contributed by atoms with Gasteiger partial charge in [-0.25, -0.2) is 0 Å². The van der Waals surface area contributed by atoms with Crippen LogP contribution < -0.4 is 5.32 Å². The Morgan fingerprint density at radius 1 is 1.08 bits per heavy atom. The van der Waals surface area contributed by atoms with Gasteiger partial charge in [-0.2, -0.15) is 0 Å². The van der Waals surface area contributed by atoms with E-state index in [0.717, 1.165) is 19.3 Å². The Labute approximate surface area is 153 Å². The molecule has 26 heavy (non-hydrogen) atoms. The minimum absolute atomic E-state index is 0.0163. The molecule has 1 aromatic carbocycles. The van der Waals surface area contributed by atoms with Crippen LogP contribution in [0.3, 0.4) is 0 Å². The van der Waals surface area contributed by atoms with Crippen LogP contribution in [0.15, 0.2) is 53.3 Å². The second kappa shape index (κ2) is 6.98. The Bertz CT molecular complexity index is 758. The van der Waals surface area contributed by atoms with E-state index in [1.165, 1.54) is 18.1 Å². The normalized spacial score (nSPS) is 19.6. The lowest BCUT2D eigenvalue weighted by Crippen LogP contribution is -2.53. The smallest absolute Gasteiger partial charge is 0.257 e. The van der Waals surface area contributed by atoms with Crippen molar-refractivity contribution < 1.29 is 14.0 Å². The summed E-state index contributed by atoms with van der Waals surface area (Å²) in [5.74, 6) is 0.0888. The highest BCUT2D eigenvalue weighted by atomic mass is 16.3. The number of benzene rings is 1. The van der Waals surface area contributed by atoms with E-state index in [1.54, 1.807) is 6.07 Å². The molecule has 2 fully saturated rings. The molecule has 1 saturated carbocycles. The number of hydrogen-bond donors (Lipinski definition) is 1. The monoisotopic (exact) mass is 352 g/mol. The van der Waals surface area contributed by atoms with Crippen molar-refractivity contribution in [2.45, 2.75) is 37.6 Å². The molecule has 0 bridgehead atoms. The molecule has 1 N–H and O–H groups in total. The Hall–Kier alpha value is -2.56. The van der Waals surface area contributed by atoms with Gasteiger partial charge >= 0.3 is 0 Å². The van der Waals surface area contributed by atoms with Crippen LogP contribution in [-0.4, -0.2) is 29.8 Å². The fourth-order valence-corrected chi connectivity index (χ4v) is 4.02. The molecule has 4 rings (SSSR count). The lowest BCUT2D eigenvalue weighted by molar-refractivity contribution is -0.129. The summed E-state index contributed by atoms with van der Waals surface area (Å²) in [6.45, 7) is 1.22. The van der Waals surface area contributed by atoms with Gasteiger partial charge in [0.1, 0.15) is 6.26 Å². The van der Waals surface area contributed by atoms with Crippen LogP contribution in [0.2, 0.25) is 0 Å². The van der Waals surface area contributed by atoms with Crippen LogP contribution >= 0.6 is 0 Å². The van der Waals surface area contributed by atoms with E-state index in [-0.39, 0.29) is 23.3 Å². The number of rotatable bonds is 4. The molecule has 1 aliphatic carbocycles. The third kappa shape index (κ3) is 3.14. The summed E-state index contributed by atoms with van der Waals surface area (Å²) in [6, 6.07) is 12.0. The van der Waals surface area contributed by atoms with Crippen LogP contribution in [-0.2, 0) is 10.3 Å². The third-order valence-electron chi connectivity index (χ3n) is 5.82. The fourth-order valence-electron chi connectivity index (χ4n) is 4.02. The zero-order valence-electron chi connectivity index (χ0n) is 14.8. The minimum atomic E-state index is -0.192. The lowest BCUT2D eigenvalue weighted by Gasteiger charge is -2.44. The number of nitrogens with zero attached hydrogens (tertiary/aromatic N) is 1. The number of nitrogens with one attached hydrogen (secondary N) is 1. The molecule has 0 atom stereocenters. The Morgan fingerprint density at radius 3 is 2.38 bits per heavy atom. The maximum absolute atomic E-state index is 12.9. The second-order valence-corrected chi connectivity index (χ2v) is 7.37. The van der Waals surface area contributed by atoms with E-state index in [0.29, 0.717) is 31.5 Å². The zero-order chi connectivity index (χ0) is 18.0. The number of likely N-dealkylation sites (tertiary alicyclic amines) is 1. The summed E-state index contributed by atoms with van der Waals surface area (Å²) in [5, 5.41) is 3.33. The average Bonchev–Trinajstić information content (AvgIpc) is 3.19. The van der Waals surface area contributed by atoms with Crippen molar-refractivity contribution in [2.24, 2.45) is 5.92 Å². The molecule has 5 nitrogen and oxygen atoms in total. The zero-order valence-corrected chi connectivity index (χ0v) is 14.8. The topological polar surface area (TPSA) is 62.6 Å². The first-order valence-electron chi connectivity index (χ1n) is 9.37. The Kier molecular flexibility index (Phi) is 4.53. The Morgan fingerprint density at radius 2 is 1.81 bits per heavy atom. The van der Waals surface area contributed by atoms with E-state index in [4.69, 9.17) is 4.42 Å². The van der Waals surface area contributed by atoms with Crippen LogP contribution in [0.25, 0.3) is 0 Å². The predicted molar refractivity (Wildman–Crippen MR) is 97.4 cm³/mol. The van der Waals surface area contributed by atoms with Gasteiger partial charge in [0.15, 0.2) is 0 Å². The number of amides is 2. The van der Waals surface area contributed by atoms with E-state index >= 15 is 0 Å². The first kappa shape index (κ1) is 16.9. The van der Waals surface area contributed by atoms with Crippen LogP contribution in [0, 0.1) is 5.92 Å². The molecule has 5 heteroatoms. The number of carbonyl (C=O) groups excluding carboxylic acids is 2. The van der Waals surface area contributed by atoms with Crippen LogP contribution in [0.1, 0.15) is 48.0 Å². The van der Waals surface area contributed by atoms with Gasteiger partial charge < -0.3 is 14.6 Å². The molecule has 0 spiro atoms. The van der Waals surface area contributed by atoms with Gasteiger partial charge in [-0.15, -0.1) is 0 Å². The summed E-state index contributed by atoms with van der Waals surface area (Å²) in [6.07, 6.45) is 7.55. The summed E-state index contributed by atoms with van der Waals surface area (Å²) in [7, 11) is 0. The van der Waals surface area contributed by atoms with Gasteiger partial charge in [0.25, 0.3) is 5.91 Å². The first-order chi connectivity index (χ1) is 12.7. The molecule has 1 aromatic heterocycles. The molecule has 2 aliphatic rings. The van der Waals surface area contributed by atoms with E-state index in [1.807, 2.05) is 23.1 Å².